The summed E-state index contributed by atoms with van der Waals surface area (Å²) in [6, 6.07) is 0. The van der Waals surface area contributed by atoms with Crippen LogP contribution < -0.4 is 0 Å². The SMILES string of the molecule is CCC12CC3CC1C1CCC4C=CC(C4)C2CC31. The van der Waals surface area contributed by atoms with Gasteiger partial charge in [0.2, 0.25) is 0 Å². The van der Waals surface area contributed by atoms with Crippen molar-refractivity contribution in [2.75, 3.05) is 0 Å². The standard InChI is InChI=1S/C18H26/c1-2-18-10-13-8-17(18)14-6-4-11-3-5-12(7-11)16(18)9-15(13)14/h3,5,11-17H,2,4,6-10H2,1H3. The Morgan fingerprint density at radius 2 is 1.94 bits per heavy atom. The zero-order chi connectivity index (χ0) is 11.9. The summed E-state index contributed by atoms with van der Waals surface area (Å²) in [4.78, 5) is 0. The Kier molecular flexibility index (Phi) is 1.90. The summed E-state index contributed by atoms with van der Waals surface area (Å²) in [7, 11) is 0. The summed E-state index contributed by atoms with van der Waals surface area (Å²) in [6.07, 6.45) is 16.2. The normalized spacial score (nSPS) is 63.3. The molecule has 0 heterocycles. The molecule has 0 nitrogen and oxygen atoms in total. The Balaban J connectivity index is 1.65. The minimum absolute atomic E-state index is 0.790. The van der Waals surface area contributed by atoms with Gasteiger partial charge in [-0.2, -0.15) is 0 Å². The molecular weight excluding hydrogens is 216 g/mol. The summed E-state index contributed by atoms with van der Waals surface area (Å²) in [5.41, 5.74) is 0.790. The topological polar surface area (TPSA) is 0 Å². The highest BCUT2D eigenvalue weighted by Gasteiger charge is 2.67. The molecule has 98 valence electrons. The molecule has 6 fully saturated rings. The number of allylic oxidation sites excluding steroid dienone is 2. The molecule has 0 N–H and O–H groups in total. The van der Waals surface area contributed by atoms with Crippen LogP contribution in [0.15, 0.2) is 12.2 Å². The molecule has 6 saturated carbocycles. The van der Waals surface area contributed by atoms with Gasteiger partial charge < -0.3 is 0 Å². The molecule has 18 heavy (non-hydrogen) atoms. The van der Waals surface area contributed by atoms with Gasteiger partial charge in [-0.3, -0.25) is 0 Å². The van der Waals surface area contributed by atoms with E-state index < -0.39 is 0 Å². The van der Waals surface area contributed by atoms with Crippen molar-refractivity contribution in [2.24, 2.45) is 46.8 Å². The van der Waals surface area contributed by atoms with Gasteiger partial charge in [0.05, 0.1) is 0 Å². The van der Waals surface area contributed by atoms with Gasteiger partial charge in [-0.25, -0.2) is 0 Å². The minimum atomic E-state index is 0.790. The number of fused-ring (bicyclic) bond motifs is 1. The molecule has 0 aliphatic heterocycles. The second kappa shape index (κ2) is 3.25. The van der Waals surface area contributed by atoms with E-state index in [1.807, 2.05) is 0 Å². The Bertz CT molecular complexity index is 408. The first-order chi connectivity index (χ1) is 8.82. The zero-order valence-electron chi connectivity index (χ0n) is 11.6. The fraction of sp³-hybridized carbons (Fsp3) is 0.889. The summed E-state index contributed by atoms with van der Waals surface area (Å²) >= 11 is 0. The molecule has 7 aliphatic rings. The molecule has 8 atom stereocenters. The van der Waals surface area contributed by atoms with Gasteiger partial charge in [0.1, 0.15) is 0 Å². The molecule has 8 bridgehead atoms. The Morgan fingerprint density at radius 1 is 1.00 bits per heavy atom. The van der Waals surface area contributed by atoms with Crippen LogP contribution >= 0.6 is 0 Å². The smallest absolute Gasteiger partial charge is 0.0194 e. The van der Waals surface area contributed by atoms with E-state index in [4.69, 9.17) is 0 Å². The summed E-state index contributed by atoms with van der Waals surface area (Å²) in [5, 5.41) is 0. The maximum atomic E-state index is 2.64. The molecule has 8 unspecified atom stereocenters. The van der Waals surface area contributed by atoms with Crippen LogP contribution in [0.1, 0.15) is 51.9 Å². The summed E-state index contributed by atoms with van der Waals surface area (Å²) in [6.45, 7) is 2.51. The van der Waals surface area contributed by atoms with E-state index in [2.05, 4.69) is 19.1 Å². The molecular formula is C18H26. The van der Waals surface area contributed by atoms with Crippen LogP contribution in [0.5, 0.6) is 0 Å². The van der Waals surface area contributed by atoms with Crippen molar-refractivity contribution in [3.63, 3.8) is 0 Å². The van der Waals surface area contributed by atoms with E-state index >= 15 is 0 Å². The van der Waals surface area contributed by atoms with Crippen molar-refractivity contribution in [1.82, 2.24) is 0 Å². The van der Waals surface area contributed by atoms with E-state index in [1.54, 1.807) is 25.7 Å². The van der Waals surface area contributed by atoms with E-state index in [9.17, 15) is 0 Å². The lowest BCUT2D eigenvalue weighted by atomic mass is 9.48. The molecule has 0 aromatic heterocycles. The monoisotopic (exact) mass is 242 g/mol. The van der Waals surface area contributed by atoms with Gasteiger partial charge >= 0.3 is 0 Å². The molecule has 0 radical (unpaired) electrons. The van der Waals surface area contributed by atoms with Gasteiger partial charge in [-0.05, 0) is 91.8 Å². The van der Waals surface area contributed by atoms with Gasteiger partial charge in [0, 0.05) is 0 Å². The number of hydrogen-bond donors (Lipinski definition) is 0. The van der Waals surface area contributed by atoms with Crippen LogP contribution in [-0.2, 0) is 0 Å². The van der Waals surface area contributed by atoms with Gasteiger partial charge in [-0.15, -0.1) is 0 Å². The predicted molar refractivity (Wildman–Crippen MR) is 74.0 cm³/mol. The lowest BCUT2D eigenvalue weighted by Gasteiger charge is -2.57. The van der Waals surface area contributed by atoms with E-state index in [1.165, 1.54) is 19.3 Å². The van der Waals surface area contributed by atoms with Crippen LogP contribution in [0, 0.1) is 46.8 Å². The van der Waals surface area contributed by atoms with E-state index in [0.29, 0.717) is 0 Å². The van der Waals surface area contributed by atoms with Crippen LogP contribution in [0.2, 0.25) is 0 Å². The fourth-order valence-electron chi connectivity index (χ4n) is 7.59. The summed E-state index contributed by atoms with van der Waals surface area (Å²) in [5.74, 6) is 7.60. The van der Waals surface area contributed by atoms with Crippen LogP contribution in [0.4, 0.5) is 0 Å². The second-order valence-corrected chi connectivity index (χ2v) is 8.18. The average Bonchev–Trinajstić information content (AvgIpc) is 3.08. The van der Waals surface area contributed by atoms with E-state index in [0.717, 1.165) is 46.8 Å². The van der Waals surface area contributed by atoms with Crippen molar-refractivity contribution in [3.05, 3.63) is 12.2 Å². The second-order valence-electron chi connectivity index (χ2n) is 8.18. The van der Waals surface area contributed by atoms with Gasteiger partial charge in [0.25, 0.3) is 0 Å². The highest BCUT2D eigenvalue weighted by Crippen LogP contribution is 2.74. The van der Waals surface area contributed by atoms with Crippen molar-refractivity contribution in [3.8, 4) is 0 Å². The highest BCUT2D eigenvalue weighted by atomic mass is 14.7. The van der Waals surface area contributed by atoms with Crippen molar-refractivity contribution in [2.45, 2.75) is 51.9 Å². The minimum Gasteiger partial charge on any atom is -0.0851 e. The zero-order valence-corrected chi connectivity index (χ0v) is 11.6. The Labute approximate surface area is 111 Å². The molecule has 0 spiro atoms. The first-order valence-corrected chi connectivity index (χ1v) is 8.50. The average molecular weight is 242 g/mol. The number of rotatable bonds is 1. The lowest BCUT2D eigenvalue weighted by molar-refractivity contribution is -0.0795. The predicted octanol–water partition coefficient (Wildman–Crippen LogP) is 4.66. The fourth-order valence-corrected chi connectivity index (χ4v) is 7.59. The van der Waals surface area contributed by atoms with Crippen molar-refractivity contribution in [1.29, 1.82) is 0 Å². The summed E-state index contributed by atoms with van der Waals surface area (Å²) < 4.78 is 0. The first kappa shape index (κ1) is 10.5. The van der Waals surface area contributed by atoms with Crippen LogP contribution in [0.3, 0.4) is 0 Å². The van der Waals surface area contributed by atoms with Gasteiger partial charge in [-0.1, -0.05) is 19.1 Å². The number of hydrogen-bond acceptors (Lipinski definition) is 0. The van der Waals surface area contributed by atoms with Crippen molar-refractivity contribution >= 4 is 0 Å². The third-order valence-electron chi connectivity index (χ3n) is 8.13. The Morgan fingerprint density at radius 3 is 2.83 bits per heavy atom. The molecule has 7 rings (SSSR count). The maximum absolute atomic E-state index is 2.64. The molecule has 7 aliphatic carbocycles. The largest absolute Gasteiger partial charge is 0.0851 e. The van der Waals surface area contributed by atoms with Crippen molar-refractivity contribution < 1.29 is 0 Å². The molecule has 0 heteroatoms. The molecule has 0 amide bonds. The quantitative estimate of drug-likeness (QED) is 0.587. The van der Waals surface area contributed by atoms with E-state index in [-0.39, 0.29) is 0 Å². The molecule has 0 aromatic rings. The van der Waals surface area contributed by atoms with Gasteiger partial charge in [0.15, 0.2) is 0 Å². The lowest BCUT2D eigenvalue weighted by Crippen LogP contribution is -2.50. The van der Waals surface area contributed by atoms with Crippen LogP contribution in [0.25, 0.3) is 0 Å². The third kappa shape index (κ3) is 1.03. The molecule has 0 saturated heterocycles. The maximum Gasteiger partial charge on any atom is -0.0194 e. The van der Waals surface area contributed by atoms with Crippen LogP contribution in [-0.4, -0.2) is 0 Å². The molecule has 0 aromatic carbocycles. The highest BCUT2D eigenvalue weighted by molar-refractivity contribution is 5.19. The Hall–Kier alpha value is -0.260. The third-order valence-corrected chi connectivity index (χ3v) is 8.13. The first-order valence-electron chi connectivity index (χ1n) is 8.50.